The van der Waals surface area contributed by atoms with E-state index in [0.29, 0.717) is 0 Å². The molecule has 0 aromatic carbocycles. The summed E-state index contributed by atoms with van der Waals surface area (Å²) < 4.78 is 2.27. The van der Waals surface area contributed by atoms with Crippen LogP contribution in [-0.4, -0.2) is 16.3 Å². The van der Waals surface area contributed by atoms with Crippen molar-refractivity contribution in [2.24, 2.45) is 0 Å². The van der Waals surface area contributed by atoms with Crippen molar-refractivity contribution in [3.05, 3.63) is 31.2 Å². The van der Waals surface area contributed by atoms with Gasteiger partial charge in [0.05, 0.1) is 6.61 Å². The molecule has 66 valence electrons. The first-order valence-corrected chi connectivity index (χ1v) is 4.77. The van der Waals surface area contributed by atoms with Gasteiger partial charge in [0, 0.05) is 16.3 Å². The molecule has 0 radical (unpaired) electrons. The fraction of sp³-hybridized carbons (Fsp3) is 0.286. The van der Waals surface area contributed by atoms with Crippen molar-refractivity contribution >= 4 is 34.2 Å². The lowest BCUT2D eigenvalue weighted by atomic mass is 10.4. The molecule has 0 spiro atoms. The quantitative estimate of drug-likeness (QED) is 0.831. The Balaban J connectivity index is 3.19. The van der Waals surface area contributed by atoms with Crippen molar-refractivity contribution in [1.82, 2.24) is 4.57 Å². The maximum absolute atomic E-state index is 11.2. The van der Waals surface area contributed by atoms with E-state index in [1.807, 2.05) is 0 Å². The second-order valence-electron chi connectivity index (χ2n) is 2.23. The van der Waals surface area contributed by atoms with Crippen LogP contribution in [0.4, 0.5) is 0 Å². The summed E-state index contributed by atoms with van der Waals surface area (Å²) in [4.78, 5) is 11.2. The predicted molar refractivity (Wildman–Crippen MR) is 55.5 cm³/mol. The fourth-order valence-electron chi connectivity index (χ4n) is 0.839. The third kappa shape index (κ3) is 2.21. The van der Waals surface area contributed by atoms with Crippen LogP contribution in [0.25, 0.3) is 0 Å². The van der Waals surface area contributed by atoms with Gasteiger partial charge < -0.3 is 9.67 Å². The first-order valence-electron chi connectivity index (χ1n) is 3.31. The molecule has 12 heavy (non-hydrogen) atoms. The van der Waals surface area contributed by atoms with E-state index in [2.05, 4.69) is 22.6 Å². The Labute approximate surface area is 88.1 Å². The number of rotatable bonds is 2. The minimum Gasteiger partial charge on any atom is -0.395 e. The largest absolute Gasteiger partial charge is 0.395 e. The number of aliphatic hydroxyl groups excluding tert-OH is 1. The lowest BCUT2D eigenvalue weighted by molar-refractivity contribution is 0.274. The monoisotopic (exact) mass is 299 g/mol. The molecule has 5 heteroatoms. The van der Waals surface area contributed by atoms with Gasteiger partial charge in [-0.25, -0.2) is 0 Å². The maximum Gasteiger partial charge on any atom is 0.269 e. The molecular weight excluding hydrogens is 292 g/mol. The molecular formula is C7H7ClINO2. The van der Waals surface area contributed by atoms with Crippen molar-refractivity contribution in [2.75, 3.05) is 6.61 Å². The summed E-state index contributed by atoms with van der Waals surface area (Å²) in [7, 11) is 0. The summed E-state index contributed by atoms with van der Waals surface area (Å²) in [6.45, 7) is 0.228. The smallest absolute Gasteiger partial charge is 0.269 e. The zero-order valence-corrected chi connectivity index (χ0v) is 9.04. The standard InChI is InChI=1S/C7H7ClINO2/c8-6-3-5(9)4-10(1-2-11)7(6)12/h3-4,11H,1-2H2. The Hall–Kier alpha value is -0.0700. The molecule has 3 nitrogen and oxygen atoms in total. The number of aliphatic hydroxyl groups is 1. The van der Waals surface area contributed by atoms with E-state index >= 15 is 0 Å². The van der Waals surface area contributed by atoms with Gasteiger partial charge in [0.2, 0.25) is 0 Å². The third-order valence-electron chi connectivity index (χ3n) is 1.35. The van der Waals surface area contributed by atoms with Crippen LogP contribution in [0.5, 0.6) is 0 Å². The lowest BCUT2D eigenvalue weighted by Gasteiger charge is -2.03. The molecule has 0 saturated carbocycles. The molecule has 0 aliphatic rings. The van der Waals surface area contributed by atoms with E-state index in [4.69, 9.17) is 16.7 Å². The summed E-state index contributed by atoms with van der Waals surface area (Å²) in [5.74, 6) is 0. The number of aromatic nitrogens is 1. The predicted octanol–water partition coefficient (Wildman–Crippen LogP) is 1.10. The number of halogens is 2. The maximum atomic E-state index is 11.2. The topological polar surface area (TPSA) is 42.2 Å². The van der Waals surface area contributed by atoms with Crippen molar-refractivity contribution in [1.29, 1.82) is 0 Å². The van der Waals surface area contributed by atoms with Crippen LogP contribution < -0.4 is 5.56 Å². The molecule has 1 aromatic rings. The van der Waals surface area contributed by atoms with E-state index in [1.165, 1.54) is 4.57 Å². The zero-order chi connectivity index (χ0) is 9.14. The summed E-state index contributed by atoms with van der Waals surface area (Å²) in [6.07, 6.45) is 1.66. The molecule has 1 rings (SSSR count). The van der Waals surface area contributed by atoms with Crippen molar-refractivity contribution in [3.63, 3.8) is 0 Å². The van der Waals surface area contributed by atoms with Gasteiger partial charge >= 0.3 is 0 Å². The van der Waals surface area contributed by atoms with Gasteiger partial charge in [-0.1, -0.05) is 11.6 Å². The molecule has 0 aliphatic heterocycles. The molecule has 0 saturated heterocycles. The van der Waals surface area contributed by atoms with Crippen LogP contribution in [0, 0.1) is 3.57 Å². The summed E-state index contributed by atoms with van der Waals surface area (Å²) in [5.41, 5.74) is -0.258. The van der Waals surface area contributed by atoms with E-state index < -0.39 is 0 Å². The number of nitrogens with zero attached hydrogens (tertiary/aromatic N) is 1. The van der Waals surface area contributed by atoms with Gasteiger partial charge in [-0.15, -0.1) is 0 Å². The van der Waals surface area contributed by atoms with Crippen LogP contribution in [0.15, 0.2) is 17.1 Å². The van der Waals surface area contributed by atoms with Crippen LogP contribution >= 0.6 is 34.2 Å². The highest BCUT2D eigenvalue weighted by atomic mass is 127. The van der Waals surface area contributed by atoms with E-state index in [-0.39, 0.29) is 23.7 Å². The molecule has 0 aliphatic carbocycles. The van der Waals surface area contributed by atoms with Gasteiger partial charge in [0.1, 0.15) is 5.02 Å². The number of hydrogen-bond donors (Lipinski definition) is 1. The first kappa shape index (κ1) is 10.0. The third-order valence-corrected chi connectivity index (χ3v) is 2.21. The van der Waals surface area contributed by atoms with E-state index in [1.54, 1.807) is 12.3 Å². The zero-order valence-electron chi connectivity index (χ0n) is 6.13. The summed E-state index contributed by atoms with van der Waals surface area (Å²) >= 11 is 7.70. The molecule has 1 heterocycles. The average Bonchev–Trinajstić information content (AvgIpc) is 2.00. The van der Waals surface area contributed by atoms with Gasteiger partial charge in [-0.3, -0.25) is 4.79 Å². The molecule has 0 fully saturated rings. The lowest BCUT2D eigenvalue weighted by Crippen LogP contribution is -2.21. The number of hydrogen-bond acceptors (Lipinski definition) is 2. The Morgan fingerprint density at radius 3 is 2.92 bits per heavy atom. The van der Waals surface area contributed by atoms with E-state index in [0.717, 1.165) is 3.57 Å². The molecule has 1 N–H and O–H groups in total. The Morgan fingerprint density at radius 2 is 2.33 bits per heavy atom. The second kappa shape index (κ2) is 4.25. The number of pyridine rings is 1. The minimum absolute atomic E-state index is 0.0592. The fourth-order valence-corrected chi connectivity index (χ4v) is 1.90. The van der Waals surface area contributed by atoms with Crippen molar-refractivity contribution in [3.8, 4) is 0 Å². The Bertz CT molecular complexity index is 337. The highest BCUT2D eigenvalue weighted by Gasteiger charge is 2.01. The highest BCUT2D eigenvalue weighted by molar-refractivity contribution is 14.1. The average molecular weight is 299 g/mol. The molecule has 0 unspecified atom stereocenters. The molecule has 0 bridgehead atoms. The molecule has 0 atom stereocenters. The summed E-state index contributed by atoms with van der Waals surface area (Å²) in [5, 5.41) is 8.81. The second-order valence-corrected chi connectivity index (χ2v) is 3.88. The van der Waals surface area contributed by atoms with Gasteiger partial charge in [-0.05, 0) is 28.7 Å². The minimum atomic E-state index is -0.258. The van der Waals surface area contributed by atoms with Gasteiger partial charge in [-0.2, -0.15) is 0 Å². The Kier molecular flexibility index (Phi) is 3.54. The van der Waals surface area contributed by atoms with E-state index in [9.17, 15) is 4.79 Å². The van der Waals surface area contributed by atoms with Crippen LogP contribution in [0.1, 0.15) is 0 Å². The van der Waals surface area contributed by atoms with Crippen LogP contribution in [0.2, 0.25) is 5.02 Å². The molecule has 0 amide bonds. The van der Waals surface area contributed by atoms with Crippen LogP contribution in [0.3, 0.4) is 0 Å². The summed E-state index contributed by atoms with van der Waals surface area (Å²) in [6, 6.07) is 1.60. The van der Waals surface area contributed by atoms with Gasteiger partial charge in [0.25, 0.3) is 5.56 Å². The van der Waals surface area contributed by atoms with Crippen LogP contribution in [-0.2, 0) is 6.54 Å². The van der Waals surface area contributed by atoms with Gasteiger partial charge in [0.15, 0.2) is 0 Å². The SMILES string of the molecule is O=c1c(Cl)cc(I)cn1CCO. The highest BCUT2D eigenvalue weighted by Crippen LogP contribution is 2.07. The normalized spacial score (nSPS) is 10.2. The Morgan fingerprint density at radius 1 is 1.67 bits per heavy atom. The molecule has 1 aromatic heterocycles. The first-order chi connectivity index (χ1) is 5.65. The van der Waals surface area contributed by atoms with Crippen molar-refractivity contribution < 1.29 is 5.11 Å². The van der Waals surface area contributed by atoms with Crippen molar-refractivity contribution in [2.45, 2.75) is 6.54 Å².